The molecule has 2 aliphatic heterocycles. The lowest BCUT2D eigenvalue weighted by Gasteiger charge is -2.39. The van der Waals surface area contributed by atoms with Crippen molar-refractivity contribution < 1.29 is 19.0 Å². The van der Waals surface area contributed by atoms with Crippen LogP contribution < -0.4 is 10.5 Å². The van der Waals surface area contributed by atoms with E-state index in [2.05, 4.69) is 46.2 Å². The maximum absolute atomic E-state index is 14.7. The first-order valence-electron chi connectivity index (χ1n) is 15.3. The third kappa shape index (κ3) is 7.68. The summed E-state index contributed by atoms with van der Waals surface area (Å²) in [5.74, 6) is -0.437. The molecule has 1 amide bonds. The number of hydrogen-bond acceptors (Lipinski definition) is 6. The van der Waals surface area contributed by atoms with Crippen molar-refractivity contribution in [3.8, 4) is 22.6 Å². The molecule has 0 bridgehead atoms. The fourth-order valence-corrected chi connectivity index (χ4v) is 6.47. The van der Waals surface area contributed by atoms with Crippen LogP contribution in [-0.4, -0.2) is 84.2 Å². The molecule has 0 aliphatic carbocycles. The van der Waals surface area contributed by atoms with Gasteiger partial charge in [-0.15, -0.1) is 0 Å². The van der Waals surface area contributed by atoms with Crippen LogP contribution in [0, 0.1) is 11.7 Å². The fourth-order valence-electron chi connectivity index (χ4n) is 6.27. The number of carbonyl (C=O) groups is 1. The number of hydrogen-bond donors (Lipinski definition) is 2. The summed E-state index contributed by atoms with van der Waals surface area (Å²) in [4.78, 5) is 19.7. The second-order valence-corrected chi connectivity index (χ2v) is 12.0. The quantitative estimate of drug-likeness (QED) is 0.330. The molecule has 3 aromatic carbocycles. The molecule has 2 fully saturated rings. The Morgan fingerprint density at radius 2 is 1.74 bits per heavy atom. The first kappa shape index (κ1) is 31.3. The number of aromatic hydroxyl groups is 1. The minimum atomic E-state index is -0.651. The Morgan fingerprint density at radius 3 is 2.44 bits per heavy atom. The van der Waals surface area contributed by atoms with Gasteiger partial charge in [0.1, 0.15) is 5.75 Å². The molecule has 0 unspecified atom stereocenters. The second kappa shape index (κ2) is 14.5. The molecule has 2 saturated heterocycles. The van der Waals surface area contributed by atoms with Crippen molar-refractivity contribution in [1.82, 2.24) is 14.7 Å². The van der Waals surface area contributed by atoms with Crippen LogP contribution >= 0.6 is 11.6 Å². The van der Waals surface area contributed by atoms with Crippen LogP contribution in [-0.2, 0) is 17.8 Å². The first-order valence-corrected chi connectivity index (χ1v) is 15.7. The lowest BCUT2D eigenvalue weighted by molar-refractivity contribution is -0.136. The Hall–Kier alpha value is -3.17. The molecule has 5 rings (SSSR count). The second-order valence-electron chi connectivity index (χ2n) is 11.5. The van der Waals surface area contributed by atoms with Crippen molar-refractivity contribution in [1.29, 1.82) is 0 Å². The lowest BCUT2D eigenvalue weighted by atomic mass is 9.88. The number of rotatable bonds is 10. The highest BCUT2D eigenvalue weighted by atomic mass is 35.5. The van der Waals surface area contributed by atoms with Gasteiger partial charge < -0.3 is 25.4 Å². The predicted octanol–water partition coefficient (Wildman–Crippen LogP) is 5.18. The summed E-state index contributed by atoms with van der Waals surface area (Å²) in [6.45, 7) is 7.61. The van der Waals surface area contributed by atoms with Crippen molar-refractivity contribution in [3.05, 3.63) is 82.6 Å². The number of nitrogens with two attached hydrogens (primary N) is 1. The van der Waals surface area contributed by atoms with Gasteiger partial charge in [0.05, 0.1) is 12.6 Å². The molecule has 230 valence electrons. The van der Waals surface area contributed by atoms with Crippen LogP contribution in [0.2, 0.25) is 5.02 Å². The lowest BCUT2D eigenvalue weighted by Crippen LogP contribution is -2.55. The minimum absolute atomic E-state index is 0.00284. The Bertz CT molecular complexity index is 1380. The highest BCUT2D eigenvalue weighted by Crippen LogP contribution is 2.31. The smallest absolute Gasteiger partial charge is 0.239 e. The van der Waals surface area contributed by atoms with Gasteiger partial charge in [0.15, 0.2) is 11.6 Å². The number of phenols is 1. The maximum Gasteiger partial charge on any atom is 0.239 e. The summed E-state index contributed by atoms with van der Waals surface area (Å²) in [5.41, 5.74) is 10.5. The van der Waals surface area contributed by atoms with Gasteiger partial charge in [0.25, 0.3) is 0 Å². The third-order valence-corrected chi connectivity index (χ3v) is 9.06. The molecule has 0 radical (unpaired) electrons. The van der Waals surface area contributed by atoms with Crippen LogP contribution in [0.3, 0.4) is 0 Å². The third-order valence-electron chi connectivity index (χ3n) is 8.82. The molecule has 1 atom stereocenters. The molecule has 43 heavy (non-hydrogen) atoms. The summed E-state index contributed by atoms with van der Waals surface area (Å²) in [7, 11) is 0. The summed E-state index contributed by atoms with van der Waals surface area (Å²) in [5, 5.41) is 10.6. The molecule has 9 heteroatoms. The summed E-state index contributed by atoms with van der Waals surface area (Å²) < 4.78 is 20.3. The molecule has 2 heterocycles. The van der Waals surface area contributed by atoms with E-state index in [1.165, 1.54) is 22.8 Å². The van der Waals surface area contributed by atoms with Crippen molar-refractivity contribution >= 4 is 17.5 Å². The normalized spacial score (nSPS) is 17.6. The molecule has 2 aliphatic rings. The van der Waals surface area contributed by atoms with Crippen LogP contribution in [0.5, 0.6) is 11.5 Å². The number of piperazine rings is 1. The van der Waals surface area contributed by atoms with E-state index in [-0.39, 0.29) is 17.6 Å². The van der Waals surface area contributed by atoms with E-state index in [1.807, 2.05) is 24.0 Å². The SMILES string of the molecule is CCOc1ccc(O)c(F)c1CN1CCN(C(=O)[C@H](N)C2CCN(CCc3cc(Cl)ccc3-c3ccccc3)CC2)CC1. The van der Waals surface area contributed by atoms with Crippen molar-refractivity contribution in [2.45, 2.75) is 38.8 Å². The largest absolute Gasteiger partial charge is 0.505 e. The maximum atomic E-state index is 14.7. The van der Waals surface area contributed by atoms with E-state index < -0.39 is 11.9 Å². The Kier molecular flexibility index (Phi) is 10.6. The number of ether oxygens (including phenoxy) is 1. The summed E-state index contributed by atoms with van der Waals surface area (Å²) in [6.07, 6.45) is 2.69. The van der Waals surface area contributed by atoms with Gasteiger partial charge in [-0.3, -0.25) is 9.69 Å². The molecule has 0 saturated carbocycles. The van der Waals surface area contributed by atoms with E-state index in [4.69, 9.17) is 22.1 Å². The predicted molar refractivity (Wildman–Crippen MR) is 169 cm³/mol. The number of benzene rings is 3. The topological polar surface area (TPSA) is 82.3 Å². The molecule has 0 aromatic heterocycles. The van der Waals surface area contributed by atoms with E-state index in [1.54, 1.807) is 6.07 Å². The monoisotopic (exact) mass is 608 g/mol. The van der Waals surface area contributed by atoms with E-state index in [0.717, 1.165) is 43.9 Å². The Balaban J connectivity index is 1.09. The van der Waals surface area contributed by atoms with E-state index in [0.29, 0.717) is 50.6 Å². The van der Waals surface area contributed by atoms with Gasteiger partial charge in [-0.05, 0) is 86.1 Å². The fraction of sp³-hybridized carbons (Fsp3) is 0.441. The first-order chi connectivity index (χ1) is 20.8. The Labute approximate surface area is 259 Å². The van der Waals surface area contributed by atoms with Crippen molar-refractivity contribution in [2.75, 3.05) is 52.4 Å². The minimum Gasteiger partial charge on any atom is -0.505 e. The van der Waals surface area contributed by atoms with Crippen LogP contribution in [0.15, 0.2) is 60.7 Å². The molecular weight excluding hydrogens is 567 g/mol. The number of piperidine rings is 1. The number of amides is 1. The molecular formula is C34H42ClFN4O3. The van der Waals surface area contributed by atoms with Crippen LogP contribution in [0.4, 0.5) is 4.39 Å². The number of halogens is 2. The van der Waals surface area contributed by atoms with Gasteiger partial charge in [0.2, 0.25) is 5.91 Å². The summed E-state index contributed by atoms with van der Waals surface area (Å²) in [6, 6.07) is 18.9. The van der Waals surface area contributed by atoms with Gasteiger partial charge in [-0.1, -0.05) is 48.0 Å². The average Bonchev–Trinajstić information content (AvgIpc) is 3.04. The number of phenolic OH excluding ortho intramolecular Hbond substituents is 1. The van der Waals surface area contributed by atoms with Gasteiger partial charge >= 0.3 is 0 Å². The van der Waals surface area contributed by atoms with Gasteiger partial charge in [-0.25, -0.2) is 4.39 Å². The zero-order valence-corrected chi connectivity index (χ0v) is 25.6. The van der Waals surface area contributed by atoms with E-state index >= 15 is 0 Å². The number of likely N-dealkylation sites (tertiary alicyclic amines) is 1. The summed E-state index contributed by atoms with van der Waals surface area (Å²) >= 11 is 6.35. The molecule has 3 aromatic rings. The number of carbonyl (C=O) groups excluding carboxylic acids is 1. The van der Waals surface area contributed by atoms with Crippen molar-refractivity contribution in [2.24, 2.45) is 11.7 Å². The van der Waals surface area contributed by atoms with Crippen LogP contribution in [0.1, 0.15) is 30.9 Å². The van der Waals surface area contributed by atoms with E-state index in [9.17, 15) is 14.3 Å². The molecule has 0 spiro atoms. The Morgan fingerprint density at radius 1 is 1.02 bits per heavy atom. The molecule has 3 N–H and O–H groups in total. The highest BCUT2D eigenvalue weighted by molar-refractivity contribution is 6.30. The van der Waals surface area contributed by atoms with Crippen LogP contribution in [0.25, 0.3) is 11.1 Å². The van der Waals surface area contributed by atoms with Gasteiger partial charge in [-0.2, -0.15) is 0 Å². The molecule has 7 nitrogen and oxygen atoms in total. The average molecular weight is 609 g/mol. The van der Waals surface area contributed by atoms with Crippen molar-refractivity contribution in [3.63, 3.8) is 0 Å². The number of nitrogens with zero attached hydrogens (tertiary/aromatic N) is 3. The zero-order chi connectivity index (χ0) is 30.3. The zero-order valence-electron chi connectivity index (χ0n) is 24.9. The van der Waals surface area contributed by atoms with Gasteiger partial charge in [0, 0.05) is 49.9 Å². The standard InChI is InChI=1S/C34H42ClFN4O3/c1-2-43-31-11-10-30(41)32(36)29(31)23-39-18-20-40(21-19-39)34(42)33(37)25-12-15-38(16-13-25)17-14-26-22-27(35)8-9-28(26)24-6-4-3-5-7-24/h3-11,22,25,33,41H,2,12-21,23,37H2,1H3/t33-/m1/s1. The highest BCUT2D eigenvalue weighted by Gasteiger charge is 2.33.